The zero-order chi connectivity index (χ0) is 19.3. The van der Waals surface area contributed by atoms with Gasteiger partial charge in [0.2, 0.25) is 0 Å². The SMILES string of the molecule is c1ccc(CSCCSc2ccccc2SCCSCc2ccccc2)cc1. The van der Waals surface area contributed by atoms with Crippen molar-refractivity contribution in [3.8, 4) is 0 Å². The largest absolute Gasteiger partial charge is 0.156 e. The first-order valence-corrected chi connectivity index (χ1v) is 13.8. The highest BCUT2D eigenvalue weighted by Crippen LogP contribution is 2.32. The summed E-state index contributed by atoms with van der Waals surface area (Å²) >= 11 is 8.03. The van der Waals surface area contributed by atoms with E-state index in [1.54, 1.807) is 0 Å². The summed E-state index contributed by atoms with van der Waals surface area (Å²) in [5.74, 6) is 6.92. The van der Waals surface area contributed by atoms with Crippen molar-refractivity contribution in [3.63, 3.8) is 0 Å². The lowest BCUT2D eigenvalue weighted by molar-refractivity contribution is 1.24. The van der Waals surface area contributed by atoms with Gasteiger partial charge < -0.3 is 0 Å². The van der Waals surface area contributed by atoms with Crippen molar-refractivity contribution < 1.29 is 0 Å². The molecule has 0 radical (unpaired) electrons. The molecule has 4 heteroatoms. The van der Waals surface area contributed by atoms with Gasteiger partial charge in [-0.05, 0) is 23.3 Å². The van der Waals surface area contributed by atoms with Crippen LogP contribution in [0.15, 0.2) is 94.7 Å². The summed E-state index contributed by atoms with van der Waals surface area (Å²) < 4.78 is 0. The topological polar surface area (TPSA) is 0 Å². The minimum atomic E-state index is 1.11. The van der Waals surface area contributed by atoms with E-state index in [2.05, 4.69) is 84.9 Å². The molecule has 0 N–H and O–H groups in total. The molecule has 146 valence electrons. The lowest BCUT2D eigenvalue weighted by Gasteiger charge is -2.09. The van der Waals surface area contributed by atoms with Crippen LogP contribution >= 0.6 is 47.0 Å². The van der Waals surface area contributed by atoms with Gasteiger partial charge in [0.25, 0.3) is 0 Å². The van der Waals surface area contributed by atoms with E-state index in [0.29, 0.717) is 0 Å². The van der Waals surface area contributed by atoms with E-state index >= 15 is 0 Å². The first-order chi connectivity index (χ1) is 13.9. The molecule has 0 aliphatic carbocycles. The Hall–Kier alpha value is -0.940. The lowest BCUT2D eigenvalue weighted by Crippen LogP contribution is -1.90. The van der Waals surface area contributed by atoms with Crippen molar-refractivity contribution in [1.82, 2.24) is 0 Å². The van der Waals surface area contributed by atoms with Gasteiger partial charge in [0.05, 0.1) is 0 Å². The first kappa shape index (κ1) is 21.8. The molecule has 0 saturated heterocycles. The van der Waals surface area contributed by atoms with E-state index in [4.69, 9.17) is 0 Å². The summed E-state index contributed by atoms with van der Waals surface area (Å²) in [6.45, 7) is 0. The molecule has 3 aromatic rings. The van der Waals surface area contributed by atoms with Crippen LogP contribution < -0.4 is 0 Å². The van der Waals surface area contributed by atoms with E-state index in [1.807, 2.05) is 47.0 Å². The fourth-order valence-corrected chi connectivity index (χ4v) is 6.96. The molecule has 0 aliphatic heterocycles. The average molecular weight is 443 g/mol. The van der Waals surface area contributed by atoms with Gasteiger partial charge in [-0.2, -0.15) is 23.5 Å². The second kappa shape index (κ2) is 13.3. The van der Waals surface area contributed by atoms with Crippen molar-refractivity contribution in [2.45, 2.75) is 21.3 Å². The number of thioether (sulfide) groups is 4. The van der Waals surface area contributed by atoms with Crippen molar-refractivity contribution >= 4 is 47.0 Å². The summed E-state index contributed by atoms with van der Waals surface area (Å²) in [6.07, 6.45) is 0. The van der Waals surface area contributed by atoms with E-state index in [9.17, 15) is 0 Å². The van der Waals surface area contributed by atoms with Crippen LogP contribution in [0.3, 0.4) is 0 Å². The highest BCUT2D eigenvalue weighted by molar-refractivity contribution is 8.04. The average Bonchev–Trinajstić information content (AvgIpc) is 2.76. The predicted octanol–water partition coefficient (Wildman–Crippen LogP) is 7.74. The smallest absolute Gasteiger partial charge is 0.0208 e. The summed E-state index contributed by atoms with van der Waals surface area (Å²) in [5, 5.41) is 0. The highest BCUT2D eigenvalue weighted by Gasteiger charge is 2.04. The van der Waals surface area contributed by atoms with Gasteiger partial charge in [-0.1, -0.05) is 72.8 Å². The maximum atomic E-state index is 2.27. The summed E-state index contributed by atoms with van der Waals surface area (Å²) in [7, 11) is 0. The Morgan fingerprint density at radius 1 is 0.429 bits per heavy atom. The molecule has 0 aromatic heterocycles. The normalized spacial score (nSPS) is 10.9. The second-order valence-corrected chi connectivity index (χ2v) is 10.7. The molecule has 0 unspecified atom stereocenters. The summed E-state index contributed by atoms with van der Waals surface area (Å²) in [6, 6.07) is 30.4. The number of rotatable bonds is 12. The molecule has 0 fully saturated rings. The van der Waals surface area contributed by atoms with Gasteiger partial charge in [-0.3, -0.25) is 0 Å². The van der Waals surface area contributed by atoms with Gasteiger partial charge in [0, 0.05) is 44.3 Å². The third-order valence-electron chi connectivity index (χ3n) is 4.04. The van der Waals surface area contributed by atoms with Crippen LogP contribution in [-0.2, 0) is 11.5 Å². The number of benzene rings is 3. The molecule has 0 atom stereocenters. The Bertz CT molecular complexity index is 721. The van der Waals surface area contributed by atoms with Crippen LogP contribution in [0.1, 0.15) is 11.1 Å². The fourth-order valence-electron chi connectivity index (χ4n) is 2.64. The molecule has 0 saturated carbocycles. The van der Waals surface area contributed by atoms with E-state index in [0.717, 1.165) is 23.0 Å². The van der Waals surface area contributed by atoms with Crippen molar-refractivity contribution in [2.24, 2.45) is 0 Å². The Morgan fingerprint density at radius 3 is 1.25 bits per heavy atom. The quantitative estimate of drug-likeness (QED) is 0.208. The zero-order valence-corrected chi connectivity index (χ0v) is 19.2. The van der Waals surface area contributed by atoms with Crippen molar-refractivity contribution in [1.29, 1.82) is 0 Å². The van der Waals surface area contributed by atoms with Gasteiger partial charge >= 0.3 is 0 Å². The first-order valence-electron chi connectivity index (χ1n) is 9.50. The van der Waals surface area contributed by atoms with Gasteiger partial charge in [-0.15, -0.1) is 23.5 Å². The zero-order valence-electron chi connectivity index (χ0n) is 16.0. The molecule has 0 bridgehead atoms. The Kier molecular flexibility index (Phi) is 10.3. The Labute approximate surface area is 186 Å². The molecule has 0 aliphatic rings. The molecule has 0 heterocycles. The molecule has 3 rings (SSSR count). The summed E-state index contributed by atoms with van der Waals surface area (Å²) in [4.78, 5) is 2.86. The minimum Gasteiger partial charge on any atom is -0.156 e. The Morgan fingerprint density at radius 2 is 0.821 bits per heavy atom. The van der Waals surface area contributed by atoms with Crippen LogP contribution in [0.5, 0.6) is 0 Å². The van der Waals surface area contributed by atoms with Crippen LogP contribution in [0.25, 0.3) is 0 Å². The van der Waals surface area contributed by atoms with Gasteiger partial charge in [0.15, 0.2) is 0 Å². The molecule has 0 nitrogen and oxygen atoms in total. The van der Waals surface area contributed by atoms with Gasteiger partial charge in [0.1, 0.15) is 0 Å². The van der Waals surface area contributed by atoms with Crippen LogP contribution in [0.2, 0.25) is 0 Å². The summed E-state index contributed by atoms with van der Waals surface area (Å²) in [5.41, 5.74) is 2.84. The predicted molar refractivity (Wildman–Crippen MR) is 133 cm³/mol. The number of hydrogen-bond acceptors (Lipinski definition) is 4. The number of hydrogen-bond donors (Lipinski definition) is 0. The fraction of sp³-hybridized carbons (Fsp3) is 0.250. The van der Waals surface area contributed by atoms with Crippen LogP contribution in [-0.4, -0.2) is 23.0 Å². The molecule has 0 spiro atoms. The third kappa shape index (κ3) is 8.20. The molecule has 0 amide bonds. The highest BCUT2D eigenvalue weighted by atomic mass is 32.2. The maximum Gasteiger partial charge on any atom is 0.0208 e. The second-order valence-electron chi connectivity index (χ2n) is 6.22. The minimum absolute atomic E-state index is 1.11. The van der Waals surface area contributed by atoms with E-state index in [1.165, 1.54) is 32.4 Å². The van der Waals surface area contributed by atoms with Crippen molar-refractivity contribution in [2.75, 3.05) is 23.0 Å². The Balaban J connectivity index is 1.33. The van der Waals surface area contributed by atoms with Crippen LogP contribution in [0.4, 0.5) is 0 Å². The van der Waals surface area contributed by atoms with Crippen molar-refractivity contribution in [3.05, 3.63) is 96.1 Å². The lowest BCUT2D eigenvalue weighted by atomic mass is 10.2. The maximum absolute atomic E-state index is 2.27. The third-order valence-corrected chi connectivity index (χ3v) is 8.90. The monoisotopic (exact) mass is 442 g/mol. The standard InChI is InChI=1S/C24H26S4/c1-3-9-21(10-4-1)19-25-15-17-27-23-13-7-8-14-24(23)28-18-16-26-20-22-11-5-2-6-12-22/h1-14H,15-20H2. The molecule has 3 aromatic carbocycles. The van der Waals surface area contributed by atoms with E-state index < -0.39 is 0 Å². The van der Waals surface area contributed by atoms with Gasteiger partial charge in [-0.25, -0.2) is 0 Å². The van der Waals surface area contributed by atoms with E-state index in [-0.39, 0.29) is 0 Å². The van der Waals surface area contributed by atoms with Crippen LogP contribution in [0, 0.1) is 0 Å². The molecular weight excluding hydrogens is 417 g/mol. The molecular formula is C24H26S4. The molecule has 28 heavy (non-hydrogen) atoms.